The highest BCUT2D eigenvalue weighted by Gasteiger charge is 2.55. The molecule has 1 unspecified atom stereocenters. The summed E-state index contributed by atoms with van der Waals surface area (Å²) in [6.07, 6.45) is 1.26. The Bertz CT molecular complexity index is 1300. The highest BCUT2D eigenvalue weighted by molar-refractivity contribution is 6.08. The zero-order valence-electron chi connectivity index (χ0n) is 17.6. The van der Waals surface area contributed by atoms with Gasteiger partial charge in [-0.05, 0) is 36.1 Å². The molecule has 10 nitrogen and oxygen atoms in total. The van der Waals surface area contributed by atoms with Gasteiger partial charge in [-0.3, -0.25) is 14.6 Å². The number of fused-ring (bicyclic) bond motifs is 2. The van der Waals surface area contributed by atoms with Gasteiger partial charge in [-0.25, -0.2) is 9.59 Å². The molecule has 6 rings (SSSR count). The summed E-state index contributed by atoms with van der Waals surface area (Å²) in [6, 6.07) is 14.3. The van der Waals surface area contributed by atoms with Crippen LogP contribution in [0.1, 0.15) is 23.4 Å². The highest BCUT2D eigenvalue weighted by atomic mass is 16.5. The van der Waals surface area contributed by atoms with E-state index in [-0.39, 0.29) is 24.4 Å². The third-order valence-corrected chi connectivity index (χ3v) is 6.46. The molecule has 1 aliphatic carbocycles. The summed E-state index contributed by atoms with van der Waals surface area (Å²) in [6.45, 7) is 1.06. The molecule has 1 spiro atoms. The van der Waals surface area contributed by atoms with E-state index in [4.69, 9.17) is 4.52 Å². The van der Waals surface area contributed by atoms with Crippen LogP contribution in [0.2, 0.25) is 0 Å². The number of aromatic nitrogens is 2. The van der Waals surface area contributed by atoms with Crippen molar-refractivity contribution in [3.05, 3.63) is 65.5 Å². The number of hydrogen-bond donors (Lipinski definition) is 2. The molecule has 1 atom stereocenters. The van der Waals surface area contributed by atoms with Crippen LogP contribution in [-0.2, 0) is 23.3 Å². The molecule has 3 aliphatic rings. The SMILES string of the molecule is O=C1NC2(CCc3ccccc32)C(=O)N1Cc1nc(-c2cccc(N3CCNC3=O)c2)no1. The van der Waals surface area contributed by atoms with Crippen molar-refractivity contribution in [3.63, 3.8) is 0 Å². The van der Waals surface area contributed by atoms with Gasteiger partial charge in [0.15, 0.2) is 0 Å². The number of amides is 5. The number of nitrogens with zero attached hydrogens (tertiary/aromatic N) is 4. The molecule has 3 heterocycles. The normalized spacial score (nSPS) is 21.6. The summed E-state index contributed by atoms with van der Waals surface area (Å²) in [5.41, 5.74) is 2.28. The van der Waals surface area contributed by atoms with Crippen LogP contribution < -0.4 is 15.5 Å². The lowest BCUT2D eigenvalue weighted by Gasteiger charge is -2.21. The van der Waals surface area contributed by atoms with E-state index in [9.17, 15) is 14.4 Å². The molecule has 0 saturated carbocycles. The lowest BCUT2D eigenvalue weighted by molar-refractivity contribution is -0.132. The molecule has 3 aromatic rings. The van der Waals surface area contributed by atoms with Crippen LogP contribution in [-0.4, -0.2) is 46.1 Å². The molecule has 0 bridgehead atoms. The molecule has 2 aliphatic heterocycles. The number of hydrogen-bond acceptors (Lipinski definition) is 6. The summed E-state index contributed by atoms with van der Waals surface area (Å²) >= 11 is 0. The van der Waals surface area contributed by atoms with Crippen molar-refractivity contribution in [2.75, 3.05) is 18.0 Å². The third-order valence-electron chi connectivity index (χ3n) is 6.46. The lowest BCUT2D eigenvalue weighted by Crippen LogP contribution is -2.41. The predicted octanol–water partition coefficient (Wildman–Crippen LogP) is 2.16. The first-order chi connectivity index (χ1) is 16.0. The van der Waals surface area contributed by atoms with Crippen LogP contribution in [0.4, 0.5) is 15.3 Å². The number of aryl methyl sites for hydroxylation is 1. The number of anilines is 1. The van der Waals surface area contributed by atoms with Crippen molar-refractivity contribution >= 4 is 23.7 Å². The Labute approximate surface area is 188 Å². The van der Waals surface area contributed by atoms with Gasteiger partial charge in [-0.2, -0.15) is 4.98 Å². The van der Waals surface area contributed by atoms with E-state index in [1.54, 1.807) is 11.0 Å². The van der Waals surface area contributed by atoms with Crippen LogP contribution in [0.25, 0.3) is 11.4 Å². The molecule has 2 N–H and O–H groups in total. The Morgan fingerprint density at radius 3 is 2.79 bits per heavy atom. The molecule has 2 aromatic carbocycles. The predicted molar refractivity (Wildman–Crippen MR) is 116 cm³/mol. The number of imide groups is 1. The van der Waals surface area contributed by atoms with Crippen molar-refractivity contribution in [2.24, 2.45) is 0 Å². The van der Waals surface area contributed by atoms with E-state index in [2.05, 4.69) is 20.8 Å². The molecular weight excluding hydrogens is 424 g/mol. The minimum absolute atomic E-state index is 0.115. The van der Waals surface area contributed by atoms with Crippen molar-refractivity contribution in [1.29, 1.82) is 0 Å². The second kappa shape index (κ2) is 7.16. The topological polar surface area (TPSA) is 121 Å². The largest absolute Gasteiger partial charge is 0.337 e. The van der Waals surface area contributed by atoms with Crippen molar-refractivity contribution in [1.82, 2.24) is 25.7 Å². The number of carbonyl (C=O) groups excluding carboxylic acids is 3. The first-order valence-electron chi connectivity index (χ1n) is 10.8. The number of benzene rings is 2. The van der Waals surface area contributed by atoms with Crippen molar-refractivity contribution in [3.8, 4) is 11.4 Å². The van der Waals surface area contributed by atoms with Gasteiger partial charge < -0.3 is 15.2 Å². The standard InChI is InChI=1S/C23H20N6O4/c30-20-23(9-8-14-4-1-2-7-17(14)23)26-22(32)29(20)13-18-25-19(27-33-18)15-5-3-6-16(12-15)28-11-10-24-21(28)31/h1-7,12H,8-11,13H2,(H,24,31)(H,26,32). The van der Waals surface area contributed by atoms with Gasteiger partial charge in [0, 0.05) is 24.3 Å². The van der Waals surface area contributed by atoms with Crippen molar-refractivity contribution < 1.29 is 18.9 Å². The molecule has 2 fully saturated rings. The molecular formula is C23H20N6O4. The van der Waals surface area contributed by atoms with Gasteiger partial charge in [0.2, 0.25) is 11.7 Å². The first-order valence-corrected chi connectivity index (χ1v) is 10.8. The molecule has 1 aromatic heterocycles. The summed E-state index contributed by atoms with van der Waals surface area (Å²) in [4.78, 5) is 45.1. The monoisotopic (exact) mass is 444 g/mol. The van der Waals surface area contributed by atoms with Gasteiger partial charge in [0.1, 0.15) is 12.1 Å². The number of urea groups is 2. The second-order valence-electron chi connectivity index (χ2n) is 8.33. The number of rotatable bonds is 4. The van der Waals surface area contributed by atoms with Gasteiger partial charge in [-0.15, -0.1) is 0 Å². The quantitative estimate of drug-likeness (QED) is 0.595. The van der Waals surface area contributed by atoms with Gasteiger partial charge >= 0.3 is 12.1 Å². The molecule has 0 radical (unpaired) electrons. The van der Waals surface area contributed by atoms with Crippen LogP contribution in [0, 0.1) is 0 Å². The van der Waals surface area contributed by atoms with Crippen LogP contribution in [0.5, 0.6) is 0 Å². The van der Waals surface area contributed by atoms with E-state index < -0.39 is 11.6 Å². The van der Waals surface area contributed by atoms with E-state index in [1.165, 1.54) is 0 Å². The average molecular weight is 444 g/mol. The second-order valence-corrected chi connectivity index (χ2v) is 8.33. The Kier molecular flexibility index (Phi) is 4.22. The Balaban J connectivity index is 1.23. The maximum absolute atomic E-state index is 13.3. The molecule has 166 valence electrons. The van der Waals surface area contributed by atoms with Gasteiger partial charge in [0.25, 0.3) is 5.91 Å². The highest BCUT2D eigenvalue weighted by Crippen LogP contribution is 2.41. The van der Waals surface area contributed by atoms with E-state index in [1.807, 2.05) is 42.5 Å². The number of carbonyl (C=O) groups is 3. The summed E-state index contributed by atoms with van der Waals surface area (Å²) < 4.78 is 5.36. The maximum atomic E-state index is 13.3. The summed E-state index contributed by atoms with van der Waals surface area (Å²) in [7, 11) is 0. The molecule has 33 heavy (non-hydrogen) atoms. The molecule has 5 amide bonds. The fourth-order valence-corrected chi connectivity index (χ4v) is 4.84. The zero-order valence-corrected chi connectivity index (χ0v) is 17.6. The summed E-state index contributed by atoms with van der Waals surface area (Å²) in [5, 5.41) is 9.68. The minimum Gasteiger partial charge on any atom is -0.337 e. The Morgan fingerprint density at radius 2 is 1.94 bits per heavy atom. The Hall–Kier alpha value is -4.21. The van der Waals surface area contributed by atoms with Crippen molar-refractivity contribution in [2.45, 2.75) is 24.9 Å². The van der Waals surface area contributed by atoms with Gasteiger partial charge in [-0.1, -0.05) is 41.6 Å². The lowest BCUT2D eigenvalue weighted by atomic mass is 9.92. The smallest absolute Gasteiger partial charge is 0.325 e. The zero-order chi connectivity index (χ0) is 22.6. The van der Waals surface area contributed by atoms with Gasteiger partial charge in [0.05, 0.1) is 0 Å². The minimum atomic E-state index is -1.03. The third kappa shape index (κ3) is 2.98. The number of nitrogens with one attached hydrogen (secondary N) is 2. The average Bonchev–Trinajstić information content (AvgIpc) is 3.60. The fourth-order valence-electron chi connectivity index (χ4n) is 4.84. The van der Waals surface area contributed by atoms with E-state index in [0.717, 1.165) is 28.1 Å². The Morgan fingerprint density at radius 1 is 1.06 bits per heavy atom. The van der Waals surface area contributed by atoms with E-state index in [0.29, 0.717) is 30.9 Å². The molecule has 10 heteroatoms. The van der Waals surface area contributed by atoms with E-state index >= 15 is 0 Å². The maximum Gasteiger partial charge on any atom is 0.325 e. The van der Waals surface area contributed by atoms with Crippen LogP contribution in [0.3, 0.4) is 0 Å². The van der Waals surface area contributed by atoms with Crippen LogP contribution in [0.15, 0.2) is 53.1 Å². The summed E-state index contributed by atoms with van der Waals surface area (Å²) in [5.74, 6) is 0.167. The van der Waals surface area contributed by atoms with Crippen LogP contribution >= 0.6 is 0 Å². The molecule has 2 saturated heterocycles. The first kappa shape index (κ1) is 19.5. The fraction of sp³-hybridized carbons (Fsp3) is 0.261.